The highest BCUT2D eigenvalue weighted by molar-refractivity contribution is 5.92. The summed E-state index contributed by atoms with van der Waals surface area (Å²) < 4.78 is 4.28. The first-order valence-corrected chi connectivity index (χ1v) is 9.35. The van der Waals surface area contributed by atoms with Crippen molar-refractivity contribution in [1.82, 2.24) is 39.4 Å². The van der Waals surface area contributed by atoms with Gasteiger partial charge in [0.1, 0.15) is 17.3 Å². The first-order valence-electron chi connectivity index (χ1n) is 9.35. The van der Waals surface area contributed by atoms with E-state index in [1.54, 1.807) is 18.5 Å². The van der Waals surface area contributed by atoms with Crippen LogP contribution in [0.3, 0.4) is 0 Å². The molecule has 142 valence electrons. The van der Waals surface area contributed by atoms with E-state index in [0.717, 1.165) is 49.9 Å². The molecular weight excluding hydrogens is 344 g/mol. The molecule has 3 aromatic heterocycles. The maximum Gasteiger partial charge on any atom is 0.271 e. The van der Waals surface area contributed by atoms with Crippen LogP contribution in [0.1, 0.15) is 53.6 Å². The lowest BCUT2D eigenvalue weighted by molar-refractivity contribution is 0.0704. The summed E-state index contributed by atoms with van der Waals surface area (Å²) >= 11 is 0. The number of nitrogens with one attached hydrogen (secondary N) is 1. The van der Waals surface area contributed by atoms with Gasteiger partial charge < -0.3 is 14.0 Å². The molecule has 0 spiro atoms. The number of likely N-dealkylation sites (tertiary alicyclic amines) is 1. The van der Waals surface area contributed by atoms with Crippen molar-refractivity contribution >= 4 is 5.91 Å². The Bertz CT molecular complexity index is 902. The van der Waals surface area contributed by atoms with Gasteiger partial charge in [-0.3, -0.25) is 9.89 Å². The Morgan fingerprint density at radius 1 is 1.26 bits per heavy atom. The van der Waals surface area contributed by atoms with E-state index in [0.29, 0.717) is 18.2 Å². The molecule has 0 radical (unpaired) electrons. The smallest absolute Gasteiger partial charge is 0.271 e. The molecule has 0 bridgehead atoms. The zero-order valence-electron chi connectivity index (χ0n) is 15.7. The summed E-state index contributed by atoms with van der Waals surface area (Å²) in [7, 11) is 0. The topological polar surface area (TPSA) is 97.5 Å². The minimum absolute atomic E-state index is 0.0131. The summed E-state index contributed by atoms with van der Waals surface area (Å²) in [6, 6.07) is 1.71. The third kappa shape index (κ3) is 3.36. The third-order valence-electron chi connectivity index (χ3n) is 5.29. The second-order valence-electron chi connectivity index (χ2n) is 6.86. The van der Waals surface area contributed by atoms with Gasteiger partial charge in [0.05, 0.1) is 6.54 Å². The van der Waals surface area contributed by atoms with Crippen LogP contribution in [0.25, 0.3) is 0 Å². The summed E-state index contributed by atoms with van der Waals surface area (Å²) in [5, 5.41) is 15.6. The highest BCUT2D eigenvalue weighted by Crippen LogP contribution is 2.28. The van der Waals surface area contributed by atoms with Gasteiger partial charge in [-0.05, 0) is 32.8 Å². The third-order valence-corrected chi connectivity index (χ3v) is 5.29. The normalized spacial score (nSPS) is 15.4. The summed E-state index contributed by atoms with van der Waals surface area (Å²) in [4.78, 5) is 18.6. The molecule has 1 aliphatic rings. The summed E-state index contributed by atoms with van der Waals surface area (Å²) in [5.74, 6) is 3.27. The molecule has 4 heterocycles. The largest absolute Gasteiger partial charge is 0.337 e. The van der Waals surface area contributed by atoms with Crippen LogP contribution in [0.15, 0.2) is 24.7 Å². The lowest BCUT2D eigenvalue weighted by Gasteiger charge is -2.31. The van der Waals surface area contributed by atoms with Gasteiger partial charge in [0.15, 0.2) is 5.82 Å². The standard InChI is InChI=1S/C18H24N8O/c1-3-26-16(12-25-11-8-19-13(25)2)22-23-17(26)14-5-9-24(10-6-14)18(27)15-4-7-20-21-15/h4,7-8,11,14H,3,5-6,9-10,12H2,1-2H3,(H,20,21). The van der Waals surface area contributed by atoms with Crippen molar-refractivity contribution in [3.05, 3.63) is 47.8 Å². The minimum Gasteiger partial charge on any atom is -0.337 e. The van der Waals surface area contributed by atoms with Crippen LogP contribution in [-0.4, -0.2) is 58.4 Å². The van der Waals surface area contributed by atoms with Gasteiger partial charge in [-0.2, -0.15) is 5.10 Å². The Morgan fingerprint density at radius 2 is 2.07 bits per heavy atom. The minimum atomic E-state index is 0.0131. The van der Waals surface area contributed by atoms with Crippen molar-refractivity contribution in [3.8, 4) is 0 Å². The zero-order valence-corrected chi connectivity index (χ0v) is 15.7. The van der Waals surface area contributed by atoms with Gasteiger partial charge in [-0.1, -0.05) is 0 Å². The van der Waals surface area contributed by atoms with E-state index >= 15 is 0 Å². The number of carbonyl (C=O) groups is 1. The van der Waals surface area contributed by atoms with E-state index in [2.05, 4.69) is 41.4 Å². The number of piperidine rings is 1. The van der Waals surface area contributed by atoms with Gasteiger partial charge in [-0.25, -0.2) is 4.98 Å². The van der Waals surface area contributed by atoms with Crippen LogP contribution in [-0.2, 0) is 13.1 Å². The summed E-state index contributed by atoms with van der Waals surface area (Å²) in [6.07, 6.45) is 7.15. The number of nitrogens with zero attached hydrogens (tertiary/aromatic N) is 7. The van der Waals surface area contributed by atoms with Crippen molar-refractivity contribution in [1.29, 1.82) is 0 Å². The molecule has 1 amide bonds. The number of aromatic amines is 1. The first kappa shape index (κ1) is 17.4. The number of carbonyl (C=O) groups excluding carboxylic acids is 1. The van der Waals surface area contributed by atoms with E-state index in [4.69, 9.17) is 0 Å². The lowest BCUT2D eigenvalue weighted by Crippen LogP contribution is -2.38. The number of amides is 1. The molecule has 27 heavy (non-hydrogen) atoms. The van der Waals surface area contributed by atoms with Crippen molar-refractivity contribution in [3.63, 3.8) is 0 Å². The maximum atomic E-state index is 12.5. The van der Waals surface area contributed by atoms with Crippen molar-refractivity contribution in [2.75, 3.05) is 13.1 Å². The second-order valence-corrected chi connectivity index (χ2v) is 6.86. The average molecular weight is 368 g/mol. The summed E-state index contributed by atoms with van der Waals surface area (Å²) in [5.41, 5.74) is 0.545. The molecule has 0 aromatic carbocycles. The number of hydrogen-bond donors (Lipinski definition) is 1. The van der Waals surface area contributed by atoms with E-state index < -0.39 is 0 Å². The number of aryl methyl sites for hydroxylation is 1. The highest BCUT2D eigenvalue weighted by atomic mass is 16.2. The van der Waals surface area contributed by atoms with Gasteiger partial charge in [0.25, 0.3) is 5.91 Å². The van der Waals surface area contributed by atoms with Crippen molar-refractivity contribution in [2.24, 2.45) is 0 Å². The average Bonchev–Trinajstić information content (AvgIpc) is 3.43. The fraction of sp³-hybridized carbons (Fsp3) is 0.500. The first-order chi connectivity index (χ1) is 13.2. The Balaban J connectivity index is 1.45. The van der Waals surface area contributed by atoms with Crippen LogP contribution in [0.5, 0.6) is 0 Å². The molecule has 1 aliphatic heterocycles. The predicted octanol–water partition coefficient (Wildman–Crippen LogP) is 1.59. The zero-order chi connectivity index (χ0) is 18.8. The number of hydrogen-bond acceptors (Lipinski definition) is 5. The van der Waals surface area contributed by atoms with Crippen LogP contribution < -0.4 is 0 Å². The van der Waals surface area contributed by atoms with Crippen LogP contribution in [0, 0.1) is 6.92 Å². The lowest BCUT2D eigenvalue weighted by atomic mass is 9.95. The van der Waals surface area contributed by atoms with Gasteiger partial charge in [-0.15, -0.1) is 10.2 Å². The fourth-order valence-corrected chi connectivity index (χ4v) is 3.72. The Morgan fingerprint density at radius 3 is 2.70 bits per heavy atom. The molecule has 1 saturated heterocycles. The Labute approximate surface area is 157 Å². The molecule has 9 heteroatoms. The van der Waals surface area contributed by atoms with Crippen LogP contribution in [0.2, 0.25) is 0 Å². The monoisotopic (exact) mass is 368 g/mol. The highest BCUT2D eigenvalue weighted by Gasteiger charge is 2.28. The SMILES string of the molecule is CCn1c(Cn2ccnc2C)nnc1C1CCN(C(=O)c2ccn[nH]2)CC1. The van der Waals surface area contributed by atoms with E-state index in [1.807, 2.05) is 18.0 Å². The molecule has 9 nitrogen and oxygen atoms in total. The molecular formula is C18H24N8O. The number of H-pyrrole nitrogens is 1. The number of imidazole rings is 1. The fourth-order valence-electron chi connectivity index (χ4n) is 3.72. The van der Waals surface area contributed by atoms with E-state index in [9.17, 15) is 4.79 Å². The van der Waals surface area contributed by atoms with Gasteiger partial charge >= 0.3 is 0 Å². The number of aromatic nitrogens is 7. The van der Waals surface area contributed by atoms with E-state index in [1.165, 1.54) is 0 Å². The molecule has 0 saturated carbocycles. The molecule has 3 aromatic rings. The molecule has 1 N–H and O–H groups in total. The molecule has 0 atom stereocenters. The van der Waals surface area contributed by atoms with Gasteiger partial charge in [0.2, 0.25) is 0 Å². The van der Waals surface area contributed by atoms with Crippen LogP contribution >= 0.6 is 0 Å². The van der Waals surface area contributed by atoms with Gasteiger partial charge in [0, 0.05) is 44.1 Å². The van der Waals surface area contributed by atoms with Crippen molar-refractivity contribution in [2.45, 2.75) is 45.7 Å². The van der Waals surface area contributed by atoms with E-state index in [-0.39, 0.29) is 5.91 Å². The number of rotatable bonds is 5. The second kappa shape index (κ2) is 7.34. The van der Waals surface area contributed by atoms with Crippen LogP contribution in [0.4, 0.5) is 0 Å². The Kier molecular flexibility index (Phi) is 4.74. The Hall–Kier alpha value is -2.97. The maximum absolute atomic E-state index is 12.5. The quantitative estimate of drug-likeness (QED) is 0.738. The summed E-state index contributed by atoms with van der Waals surface area (Å²) in [6.45, 7) is 7.04. The van der Waals surface area contributed by atoms with Crippen molar-refractivity contribution < 1.29 is 4.79 Å². The molecule has 0 aliphatic carbocycles. The predicted molar refractivity (Wildman–Crippen MR) is 98.2 cm³/mol. The molecule has 1 fully saturated rings. The molecule has 0 unspecified atom stereocenters. The molecule has 4 rings (SSSR count).